The molecule has 4 rings (SSSR count). The molecule has 0 unspecified atom stereocenters. The highest BCUT2D eigenvalue weighted by Gasteiger charge is 2.18. The summed E-state index contributed by atoms with van der Waals surface area (Å²) in [7, 11) is 0. The summed E-state index contributed by atoms with van der Waals surface area (Å²) in [5, 5.41) is 17.6. The number of fused-ring (bicyclic) bond motifs is 1. The van der Waals surface area contributed by atoms with E-state index in [9.17, 15) is 10.1 Å². The van der Waals surface area contributed by atoms with Crippen molar-refractivity contribution >= 4 is 22.5 Å². The van der Waals surface area contributed by atoms with Crippen LogP contribution in [0, 0.1) is 25.2 Å². The molecular weight excluding hydrogens is 378 g/mol. The molecular formula is C23H21N5O2. The lowest BCUT2D eigenvalue weighted by molar-refractivity contribution is 0.102. The summed E-state index contributed by atoms with van der Waals surface area (Å²) in [4.78, 5) is 17.4. The molecule has 7 heteroatoms. The molecule has 150 valence electrons. The van der Waals surface area contributed by atoms with E-state index in [1.807, 2.05) is 45.9 Å². The van der Waals surface area contributed by atoms with Crippen LogP contribution in [0.4, 0.5) is 5.69 Å². The molecule has 0 aliphatic heterocycles. The Morgan fingerprint density at radius 1 is 1.23 bits per heavy atom. The summed E-state index contributed by atoms with van der Waals surface area (Å²) in [5.74, 6) is 0.516. The molecule has 7 nitrogen and oxygen atoms in total. The van der Waals surface area contributed by atoms with Crippen LogP contribution in [0.15, 0.2) is 47.0 Å². The fraction of sp³-hybridized carbons (Fsp3) is 0.217. The minimum Gasteiger partial charge on any atom is -0.427 e. The standard InChI is InChI=1S/C23H21N5O2/c1-13(2)21-16(11-24)6-5-7-19(21)22(29)27-18-9-8-17-12-25-28(20(17)10-18)23-26-14(3)15(4)30-23/h5-10,12-13H,1-4H3,(H,27,29). The van der Waals surface area contributed by atoms with Gasteiger partial charge < -0.3 is 9.73 Å². The quantitative estimate of drug-likeness (QED) is 0.528. The summed E-state index contributed by atoms with van der Waals surface area (Å²) >= 11 is 0. The second-order valence-corrected chi connectivity index (χ2v) is 7.46. The normalized spacial score (nSPS) is 11.1. The van der Waals surface area contributed by atoms with Crippen molar-refractivity contribution in [2.45, 2.75) is 33.6 Å². The van der Waals surface area contributed by atoms with E-state index in [1.165, 1.54) is 0 Å². The average molecular weight is 399 g/mol. The Bertz CT molecular complexity index is 1290. The van der Waals surface area contributed by atoms with Gasteiger partial charge in [-0.15, -0.1) is 0 Å². The van der Waals surface area contributed by atoms with Gasteiger partial charge in [0.1, 0.15) is 5.76 Å². The third-order valence-electron chi connectivity index (χ3n) is 5.08. The summed E-state index contributed by atoms with van der Waals surface area (Å²) in [6.45, 7) is 7.67. The number of nitriles is 1. The van der Waals surface area contributed by atoms with Gasteiger partial charge in [0, 0.05) is 16.6 Å². The SMILES string of the molecule is Cc1nc(-n2ncc3ccc(NC(=O)c4cccc(C#N)c4C(C)C)cc32)oc1C. The molecule has 1 amide bonds. The first-order chi connectivity index (χ1) is 14.4. The van der Waals surface area contributed by atoms with E-state index in [-0.39, 0.29) is 11.8 Å². The number of nitrogens with zero attached hydrogens (tertiary/aromatic N) is 4. The van der Waals surface area contributed by atoms with Gasteiger partial charge in [0.25, 0.3) is 5.91 Å². The molecule has 1 N–H and O–H groups in total. The molecule has 0 bridgehead atoms. The average Bonchev–Trinajstić information content (AvgIpc) is 3.29. The molecule has 30 heavy (non-hydrogen) atoms. The number of rotatable bonds is 4. The van der Waals surface area contributed by atoms with Gasteiger partial charge in [-0.3, -0.25) is 4.79 Å². The van der Waals surface area contributed by atoms with Crippen LogP contribution in [0.2, 0.25) is 0 Å². The molecule has 0 fully saturated rings. The zero-order chi connectivity index (χ0) is 21.4. The number of benzene rings is 2. The molecule has 0 atom stereocenters. The van der Waals surface area contributed by atoms with Crippen LogP contribution in [-0.4, -0.2) is 20.7 Å². The van der Waals surface area contributed by atoms with Crippen LogP contribution in [0.25, 0.3) is 16.9 Å². The lowest BCUT2D eigenvalue weighted by Crippen LogP contribution is -2.16. The Balaban J connectivity index is 1.71. The second kappa shape index (κ2) is 7.48. The summed E-state index contributed by atoms with van der Waals surface area (Å²) in [6.07, 6.45) is 1.73. The van der Waals surface area contributed by atoms with Gasteiger partial charge in [-0.2, -0.15) is 20.0 Å². The second-order valence-electron chi connectivity index (χ2n) is 7.46. The molecule has 0 spiro atoms. The maximum Gasteiger partial charge on any atom is 0.323 e. The fourth-order valence-corrected chi connectivity index (χ4v) is 3.48. The maximum absolute atomic E-state index is 13.0. The first-order valence-corrected chi connectivity index (χ1v) is 9.65. The number of nitrogens with one attached hydrogen (secondary N) is 1. The van der Waals surface area contributed by atoms with Crippen LogP contribution in [0.3, 0.4) is 0 Å². The van der Waals surface area contributed by atoms with Crippen LogP contribution in [0.1, 0.15) is 52.7 Å². The lowest BCUT2D eigenvalue weighted by atomic mass is 9.92. The van der Waals surface area contributed by atoms with Crippen molar-refractivity contribution in [2.24, 2.45) is 0 Å². The molecule has 0 saturated heterocycles. The smallest absolute Gasteiger partial charge is 0.323 e. The number of amides is 1. The van der Waals surface area contributed by atoms with Gasteiger partial charge >= 0.3 is 6.01 Å². The maximum atomic E-state index is 13.0. The largest absolute Gasteiger partial charge is 0.427 e. The number of hydrogen-bond donors (Lipinski definition) is 1. The number of anilines is 1. The fourth-order valence-electron chi connectivity index (χ4n) is 3.48. The highest BCUT2D eigenvalue weighted by atomic mass is 16.4. The van der Waals surface area contributed by atoms with Crippen molar-refractivity contribution in [2.75, 3.05) is 5.32 Å². The van der Waals surface area contributed by atoms with E-state index < -0.39 is 0 Å². The summed E-state index contributed by atoms with van der Waals surface area (Å²) < 4.78 is 7.31. The van der Waals surface area contributed by atoms with Crippen LogP contribution in [0.5, 0.6) is 0 Å². The van der Waals surface area contributed by atoms with E-state index in [0.717, 1.165) is 27.9 Å². The number of aryl methyl sites for hydroxylation is 2. The first-order valence-electron chi connectivity index (χ1n) is 9.65. The van der Waals surface area contributed by atoms with Gasteiger partial charge in [0.05, 0.1) is 29.0 Å². The lowest BCUT2D eigenvalue weighted by Gasteiger charge is -2.14. The van der Waals surface area contributed by atoms with Crippen LogP contribution in [-0.2, 0) is 0 Å². The molecule has 0 saturated carbocycles. The molecule has 0 aliphatic carbocycles. The Morgan fingerprint density at radius 2 is 2.03 bits per heavy atom. The van der Waals surface area contributed by atoms with E-state index in [0.29, 0.717) is 22.8 Å². The number of hydrogen-bond acceptors (Lipinski definition) is 5. The van der Waals surface area contributed by atoms with Gasteiger partial charge in [-0.1, -0.05) is 19.9 Å². The van der Waals surface area contributed by atoms with E-state index in [4.69, 9.17) is 4.42 Å². The summed E-state index contributed by atoms with van der Waals surface area (Å²) in [6, 6.07) is 13.3. The molecule has 0 aliphatic rings. The first kappa shape index (κ1) is 19.4. The Morgan fingerprint density at radius 3 is 2.70 bits per heavy atom. The Labute approximate surface area is 174 Å². The van der Waals surface area contributed by atoms with Crippen molar-refractivity contribution in [3.8, 4) is 12.1 Å². The molecule has 2 aromatic carbocycles. The van der Waals surface area contributed by atoms with Crippen molar-refractivity contribution in [1.82, 2.24) is 14.8 Å². The minimum atomic E-state index is -0.260. The number of carbonyl (C=O) groups is 1. The zero-order valence-electron chi connectivity index (χ0n) is 17.2. The number of carbonyl (C=O) groups excluding carboxylic acids is 1. The highest BCUT2D eigenvalue weighted by molar-refractivity contribution is 6.06. The number of aromatic nitrogens is 3. The van der Waals surface area contributed by atoms with E-state index in [2.05, 4.69) is 21.5 Å². The van der Waals surface area contributed by atoms with Crippen LogP contribution < -0.4 is 5.32 Å². The topological polar surface area (TPSA) is 96.7 Å². The van der Waals surface area contributed by atoms with E-state index in [1.54, 1.807) is 29.1 Å². The third-order valence-corrected chi connectivity index (χ3v) is 5.08. The molecule has 0 radical (unpaired) electrons. The molecule has 2 aromatic heterocycles. The molecule has 4 aromatic rings. The summed E-state index contributed by atoms with van der Waals surface area (Å²) in [5.41, 5.74) is 3.94. The third kappa shape index (κ3) is 3.33. The Hall–Kier alpha value is -3.92. The van der Waals surface area contributed by atoms with E-state index >= 15 is 0 Å². The highest BCUT2D eigenvalue weighted by Crippen LogP contribution is 2.26. The molecule has 2 heterocycles. The van der Waals surface area contributed by atoms with Crippen molar-refractivity contribution in [3.63, 3.8) is 0 Å². The monoisotopic (exact) mass is 399 g/mol. The predicted octanol–water partition coefficient (Wildman–Crippen LogP) is 4.88. The van der Waals surface area contributed by atoms with Crippen LogP contribution >= 0.6 is 0 Å². The van der Waals surface area contributed by atoms with Gasteiger partial charge in [-0.25, -0.2) is 0 Å². The van der Waals surface area contributed by atoms with Crippen molar-refractivity contribution in [1.29, 1.82) is 5.26 Å². The van der Waals surface area contributed by atoms with Gasteiger partial charge in [0.2, 0.25) is 0 Å². The van der Waals surface area contributed by atoms with Crippen molar-refractivity contribution < 1.29 is 9.21 Å². The van der Waals surface area contributed by atoms with Gasteiger partial charge in [0.15, 0.2) is 0 Å². The zero-order valence-corrected chi connectivity index (χ0v) is 17.2. The van der Waals surface area contributed by atoms with Crippen molar-refractivity contribution in [3.05, 3.63) is 70.7 Å². The predicted molar refractivity (Wildman–Crippen MR) is 114 cm³/mol. The minimum absolute atomic E-state index is 0.0435. The number of oxazole rings is 1. The Kier molecular flexibility index (Phi) is 4.84. The van der Waals surface area contributed by atoms with Gasteiger partial charge in [-0.05, 0) is 55.7 Å².